The molecule has 0 amide bonds. The molecule has 0 aromatic heterocycles. The summed E-state index contributed by atoms with van der Waals surface area (Å²) in [7, 11) is 0. The van der Waals surface area contributed by atoms with Crippen molar-refractivity contribution in [3.8, 4) is 0 Å². The normalized spacial score (nSPS) is 23.3. The minimum Gasteiger partial charge on any atom is -0.379 e. The molecule has 1 aromatic rings. The van der Waals surface area contributed by atoms with Crippen LogP contribution in [-0.4, -0.2) is 55.2 Å². The Labute approximate surface area is 151 Å². The first-order chi connectivity index (χ1) is 12.4. The quantitative estimate of drug-likeness (QED) is 0.727. The average molecular weight is 374 g/mol. The van der Waals surface area contributed by atoms with Crippen molar-refractivity contribution in [1.82, 2.24) is 9.80 Å². The molecule has 0 aliphatic carbocycles. The van der Waals surface area contributed by atoms with Gasteiger partial charge in [0.05, 0.1) is 18.8 Å². The Morgan fingerprint density at radius 3 is 2.54 bits per heavy atom. The lowest BCUT2D eigenvalue weighted by Crippen LogP contribution is -2.43. The first kappa shape index (κ1) is 19.6. The Balaban J connectivity index is 1.60. The van der Waals surface area contributed by atoms with Crippen LogP contribution in [0.3, 0.4) is 0 Å². The fourth-order valence-corrected chi connectivity index (χ4v) is 3.82. The topological polar surface area (TPSA) is 15.7 Å². The lowest BCUT2D eigenvalue weighted by molar-refractivity contribution is -0.137. The molecule has 0 unspecified atom stereocenters. The predicted octanol–water partition coefficient (Wildman–Crippen LogP) is 3.92. The summed E-state index contributed by atoms with van der Waals surface area (Å²) >= 11 is 0. The molecule has 1 aromatic carbocycles. The zero-order valence-electron chi connectivity index (χ0n) is 14.9. The van der Waals surface area contributed by atoms with E-state index in [0.29, 0.717) is 24.2 Å². The van der Waals surface area contributed by atoms with Gasteiger partial charge in [-0.1, -0.05) is 12.5 Å². The summed E-state index contributed by atoms with van der Waals surface area (Å²) in [6.07, 6.45) is -0.240. The first-order valence-electron chi connectivity index (χ1n) is 9.33. The van der Waals surface area contributed by atoms with E-state index < -0.39 is 17.6 Å². The highest BCUT2D eigenvalue weighted by Gasteiger charge is 2.31. The Morgan fingerprint density at radius 2 is 1.85 bits per heavy atom. The van der Waals surface area contributed by atoms with Gasteiger partial charge in [0, 0.05) is 31.2 Å². The molecule has 2 heterocycles. The van der Waals surface area contributed by atoms with E-state index in [4.69, 9.17) is 4.74 Å². The number of nitrogens with zero attached hydrogens (tertiary/aromatic N) is 2. The average Bonchev–Trinajstić information content (AvgIpc) is 2.62. The molecule has 3 rings (SSSR count). The van der Waals surface area contributed by atoms with Gasteiger partial charge in [-0.25, -0.2) is 4.39 Å². The van der Waals surface area contributed by atoms with Crippen molar-refractivity contribution in [2.24, 2.45) is 0 Å². The maximum absolute atomic E-state index is 14.2. The van der Waals surface area contributed by atoms with Crippen LogP contribution >= 0.6 is 0 Å². The molecule has 3 nitrogen and oxygen atoms in total. The van der Waals surface area contributed by atoms with Crippen LogP contribution in [0.2, 0.25) is 0 Å². The minimum atomic E-state index is -4.51. The van der Waals surface area contributed by atoms with Gasteiger partial charge < -0.3 is 4.74 Å². The summed E-state index contributed by atoms with van der Waals surface area (Å²) in [4.78, 5) is 4.62. The molecule has 0 spiro atoms. The van der Waals surface area contributed by atoms with Gasteiger partial charge in [0.1, 0.15) is 5.82 Å². The maximum atomic E-state index is 14.2. The fourth-order valence-electron chi connectivity index (χ4n) is 3.82. The maximum Gasteiger partial charge on any atom is 0.416 e. The molecule has 0 saturated carbocycles. The monoisotopic (exact) mass is 374 g/mol. The number of hydrogen-bond acceptors (Lipinski definition) is 3. The minimum absolute atomic E-state index is 0.344. The zero-order valence-corrected chi connectivity index (χ0v) is 14.9. The summed E-state index contributed by atoms with van der Waals surface area (Å²) in [6, 6.07) is 3.23. The largest absolute Gasteiger partial charge is 0.416 e. The lowest BCUT2D eigenvalue weighted by atomic mass is 9.98. The third-order valence-electron chi connectivity index (χ3n) is 5.39. The number of hydrogen-bond donors (Lipinski definition) is 0. The molecule has 2 aliphatic rings. The summed E-state index contributed by atoms with van der Waals surface area (Å²) in [5, 5.41) is 0. The highest BCUT2D eigenvalue weighted by molar-refractivity contribution is 5.26. The molecular formula is C19H26F4N2O. The van der Waals surface area contributed by atoms with E-state index in [2.05, 4.69) is 9.80 Å². The molecule has 2 aliphatic heterocycles. The summed E-state index contributed by atoms with van der Waals surface area (Å²) in [5.41, 5.74) is -0.586. The van der Waals surface area contributed by atoms with Gasteiger partial charge in [-0.2, -0.15) is 13.2 Å². The van der Waals surface area contributed by atoms with E-state index in [9.17, 15) is 17.6 Å². The number of piperidine rings is 1. The smallest absolute Gasteiger partial charge is 0.379 e. The van der Waals surface area contributed by atoms with Gasteiger partial charge in [-0.05, 0) is 44.5 Å². The molecule has 2 saturated heterocycles. The van der Waals surface area contributed by atoms with E-state index in [1.165, 1.54) is 6.07 Å². The van der Waals surface area contributed by atoms with E-state index >= 15 is 0 Å². The highest BCUT2D eigenvalue weighted by Crippen LogP contribution is 2.31. The number of rotatable bonds is 5. The Kier molecular flexibility index (Phi) is 6.53. The number of morpholine rings is 1. The van der Waals surface area contributed by atoms with Crippen molar-refractivity contribution in [1.29, 1.82) is 0 Å². The van der Waals surface area contributed by atoms with Crippen LogP contribution in [0.5, 0.6) is 0 Å². The van der Waals surface area contributed by atoms with Crippen molar-refractivity contribution in [3.63, 3.8) is 0 Å². The van der Waals surface area contributed by atoms with Crippen molar-refractivity contribution in [2.75, 3.05) is 39.4 Å². The SMILES string of the molecule is Fc1cc(C(F)(F)F)ccc1CN1CCCC[C@@H]1CCN1CCOCC1. The van der Waals surface area contributed by atoms with Crippen molar-refractivity contribution in [2.45, 2.75) is 44.4 Å². The Bertz CT molecular complexity index is 587. The molecule has 2 fully saturated rings. The molecule has 146 valence electrons. The van der Waals surface area contributed by atoms with Gasteiger partial charge in [-0.3, -0.25) is 9.80 Å². The van der Waals surface area contributed by atoms with E-state index in [1.54, 1.807) is 0 Å². The second-order valence-electron chi connectivity index (χ2n) is 7.17. The zero-order chi connectivity index (χ0) is 18.6. The van der Waals surface area contributed by atoms with Crippen LogP contribution in [-0.2, 0) is 17.5 Å². The summed E-state index contributed by atoms with van der Waals surface area (Å²) in [6.45, 7) is 5.66. The van der Waals surface area contributed by atoms with Crippen LogP contribution in [0.1, 0.15) is 36.8 Å². The molecule has 0 radical (unpaired) electrons. The molecule has 1 atom stereocenters. The molecule has 7 heteroatoms. The first-order valence-corrected chi connectivity index (χ1v) is 9.33. The van der Waals surface area contributed by atoms with Crippen LogP contribution in [0, 0.1) is 5.82 Å². The molecule has 0 bridgehead atoms. The fraction of sp³-hybridized carbons (Fsp3) is 0.684. The van der Waals surface area contributed by atoms with E-state index in [1.807, 2.05) is 0 Å². The van der Waals surface area contributed by atoms with E-state index in [-0.39, 0.29) is 0 Å². The number of likely N-dealkylation sites (tertiary alicyclic amines) is 1. The van der Waals surface area contributed by atoms with Crippen LogP contribution < -0.4 is 0 Å². The highest BCUT2D eigenvalue weighted by atomic mass is 19.4. The summed E-state index contributed by atoms with van der Waals surface area (Å²) < 4.78 is 57.7. The molecule has 0 N–H and O–H groups in total. The van der Waals surface area contributed by atoms with Gasteiger partial charge >= 0.3 is 6.18 Å². The third-order valence-corrected chi connectivity index (χ3v) is 5.39. The Morgan fingerprint density at radius 1 is 1.08 bits per heavy atom. The standard InChI is InChI=1S/C19H26F4N2O/c20-18-13-16(19(21,22)23)5-4-15(18)14-25-7-2-1-3-17(25)6-8-24-9-11-26-12-10-24/h4-5,13,17H,1-3,6-12,14H2/t17-/m1/s1. The van der Waals surface area contributed by atoms with Crippen LogP contribution in [0.15, 0.2) is 18.2 Å². The lowest BCUT2D eigenvalue weighted by Gasteiger charge is -2.37. The number of alkyl halides is 3. The van der Waals surface area contributed by atoms with Crippen molar-refractivity contribution < 1.29 is 22.3 Å². The van der Waals surface area contributed by atoms with Gasteiger partial charge in [-0.15, -0.1) is 0 Å². The van der Waals surface area contributed by atoms with Gasteiger partial charge in [0.2, 0.25) is 0 Å². The number of ether oxygens (including phenoxy) is 1. The predicted molar refractivity (Wildman–Crippen MR) is 91.3 cm³/mol. The summed E-state index contributed by atoms with van der Waals surface area (Å²) in [5.74, 6) is -0.766. The van der Waals surface area contributed by atoms with Crippen LogP contribution in [0.25, 0.3) is 0 Å². The third kappa shape index (κ3) is 5.18. The number of benzene rings is 1. The molecular weight excluding hydrogens is 348 g/mol. The molecule has 26 heavy (non-hydrogen) atoms. The van der Waals surface area contributed by atoms with Crippen molar-refractivity contribution >= 4 is 0 Å². The second-order valence-corrected chi connectivity index (χ2v) is 7.17. The Hall–Kier alpha value is -1.18. The van der Waals surface area contributed by atoms with Gasteiger partial charge in [0.15, 0.2) is 0 Å². The number of halogens is 4. The van der Waals surface area contributed by atoms with Crippen molar-refractivity contribution in [3.05, 3.63) is 35.1 Å². The van der Waals surface area contributed by atoms with Crippen LogP contribution in [0.4, 0.5) is 17.6 Å². The van der Waals surface area contributed by atoms with Gasteiger partial charge in [0.25, 0.3) is 0 Å². The van der Waals surface area contributed by atoms with E-state index in [0.717, 1.165) is 71.1 Å². The second kappa shape index (κ2) is 8.67.